The normalized spacial score (nSPS) is 11.4. The third-order valence-electron chi connectivity index (χ3n) is 5.83. The molecule has 0 aliphatic rings. The summed E-state index contributed by atoms with van der Waals surface area (Å²) in [5.41, 5.74) is 4.15. The van der Waals surface area contributed by atoms with Crippen molar-refractivity contribution in [1.29, 1.82) is 0 Å². The molecule has 0 aliphatic carbocycles. The van der Waals surface area contributed by atoms with E-state index in [2.05, 4.69) is 20.4 Å². The summed E-state index contributed by atoms with van der Waals surface area (Å²) in [6.07, 6.45) is 2.12. The van der Waals surface area contributed by atoms with E-state index in [4.69, 9.17) is 4.52 Å². The highest BCUT2D eigenvalue weighted by Gasteiger charge is 2.19. The van der Waals surface area contributed by atoms with Crippen LogP contribution in [0.3, 0.4) is 0 Å². The Morgan fingerprint density at radius 1 is 1.15 bits per heavy atom. The third kappa shape index (κ3) is 3.85. The maximum absolute atomic E-state index is 13.6. The number of hydrogen-bond acceptors (Lipinski definition) is 6. The SMILES string of the molecule is CCc1noc(Cn2cnc3c4cc(C)ccc4n(CC(=O)Nc4ccccc4C)c3c2=O)n1. The van der Waals surface area contributed by atoms with Crippen molar-refractivity contribution < 1.29 is 9.32 Å². The molecule has 172 valence electrons. The van der Waals surface area contributed by atoms with E-state index < -0.39 is 0 Å². The number of aryl methyl sites for hydroxylation is 3. The molecule has 1 amide bonds. The number of nitrogens with zero attached hydrogens (tertiary/aromatic N) is 5. The highest BCUT2D eigenvalue weighted by atomic mass is 16.5. The van der Waals surface area contributed by atoms with Gasteiger partial charge in [-0.05, 0) is 37.6 Å². The minimum absolute atomic E-state index is 0.0289. The molecule has 0 radical (unpaired) electrons. The summed E-state index contributed by atoms with van der Waals surface area (Å²) in [5, 5.41) is 7.67. The predicted octanol–water partition coefficient (Wildman–Crippen LogP) is 3.60. The minimum atomic E-state index is -0.279. The molecule has 5 rings (SSSR count). The standard InChI is InChI=1S/C25H24N6O3/c1-4-20-28-22(34-29-20)13-30-14-26-23-17-11-15(2)9-10-19(17)31(24(23)25(30)33)12-21(32)27-18-8-6-5-7-16(18)3/h5-11,14H,4,12-13H2,1-3H3,(H,27,32). The molecule has 0 spiro atoms. The van der Waals surface area contributed by atoms with Gasteiger partial charge in [0.05, 0.1) is 11.8 Å². The van der Waals surface area contributed by atoms with Crippen LogP contribution in [0.1, 0.15) is 29.8 Å². The Hall–Kier alpha value is -4.27. The van der Waals surface area contributed by atoms with E-state index in [9.17, 15) is 9.59 Å². The number of fused-ring (bicyclic) bond motifs is 3. The fraction of sp³-hybridized carbons (Fsp3) is 0.240. The zero-order chi connectivity index (χ0) is 23.8. The van der Waals surface area contributed by atoms with E-state index >= 15 is 0 Å². The number of aromatic nitrogens is 5. The molecule has 9 nitrogen and oxygen atoms in total. The first kappa shape index (κ1) is 21.6. The minimum Gasteiger partial charge on any atom is -0.337 e. The first-order chi connectivity index (χ1) is 16.4. The summed E-state index contributed by atoms with van der Waals surface area (Å²) in [6.45, 7) is 5.92. The van der Waals surface area contributed by atoms with Crippen LogP contribution in [-0.4, -0.2) is 30.2 Å². The van der Waals surface area contributed by atoms with Gasteiger partial charge >= 0.3 is 0 Å². The van der Waals surface area contributed by atoms with Crippen LogP contribution in [0.4, 0.5) is 5.69 Å². The van der Waals surface area contributed by atoms with Crippen LogP contribution in [0.15, 0.2) is 58.1 Å². The van der Waals surface area contributed by atoms with Crippen molar-refractivity contribution >= 4 is 33.5 Å². The lowest BCUT2D eigenvalue weighted by Gasteiger charge is -2.11. The fourth-order valence-corrected chi connectivity index (χ4v) is 4.08. The molecule has 0 bridgehead atoms. The maximum atomic E-state index is 13.6. The molecule has 0 saturated carbocycles. The van der Waals surface area contributed by atoms with Crippen LogP contribution in [-0.2, 0) is 24.3 Å². The highest BCUT2D eigenvalue weighted by Crippen LogP contribution is 2.27. The monoisotopic (exact) mass is 456 g/mol. The molecule has 0 atom stereocenters. The Labute approximate surface area is 195 Å². The van der Waals surface area contributed by atoms with Gasteiger partial charge in [-0.3, -0.25) is 14.2 Å². The lowest BCUT2D eigenvalue weighted by atomic mass is 10.1. The Morgan fingerprint density at radius 3 is 2.74 bits per heavy atom. The smallest absolute Gasteiger partial charge is 0.278 e. The lowest BCUT2D eigenvalue weighted by Crippen LogP contribution is -2.25. The number of nitrogens with one attached hydrogen (secondary N) is 1. The zero-order valence-corrected chi connectivity index (χ0v) is 19.2. The van der Waals surface area contributed by atoms with E-state index in [-0.39, 0.29) is 24.6 Å². The van der Waals surface area contributed by atoms with Gasteiger partial charge in [0.25, 0.3) is 5.56 Å². The summed E-state index contributed by atoms with van der Waals surface area (Å²) < 4.78 is 8.41. The molecule has 1 N–H and O–H groups in total. The quantitative estimate of drug-likeness (QED) is 0.418. The first-order valence-electron chi connectivity index (χ1n) is 11.1. The van der Waals surface area contributed by atoms with Crippen LogP contribution >= 0.6 is 0 Å². The lowest BCUT2D eigenvalue weighted by molar-refractivity contribution is -0.116. The number of hydrogen-bond donors (Lipinski definition) is 1. The molecular formula is C25H24N6O3. The topological polar surface area (TPSA) is 108 Å². The summed E-state index contributed by atoms with van der Waals surface area (Å²) in [6, 6.07) is 13.4. The molecule has 3 aromatic heterocycles. The molecule has 0 aliphatic heterocycles. The zero-order valence-electron chi connectivity index (χ0n) is 19.2. The van der Waals surface area contributed by atoms with E-state index in [0.29, 0.717) is 29.2 Å². The van der Waals surface area contributed by atoms with Crippen LogP contribution < -0.4 is 10.9 Å². The number of amides is 1. The van der Waals surface area contributed by atoms with Crippen LogP contribution in [0, 0.1) is 13.8 Å². The number of rotatable bonds is 6. The van der Waals surface area contributed by atoms with Crippen LogP contribution in [0.25, 0.3) is 21.9 Å². The molecule has 2 aromatic carbocycles. The van der Waals surface area contributed by atoms with Crippen molar-refractivity contribution in [2.45, 2.75) is 40.3 Å². The molecular weight excluding hydrogens is 432 g/mol. The second-order valence-corrected chi connectivity index (χ2v) is 8.30. The van der Waals surface area contributed by atoms with Gasteiger partial charge in [-0.15, -0.1) is 0 Å². The van der Waals surface area contributed by atoms with Crippen molar-refractivity contribution in [1.82, 2.24) is 24.3 Å². The van der Waals surface area contributed by atoms with E-state index in [1.54, 1.807) is 4.57 Å². The molecule has 3 heterocycles. The molecule has 34 heavy (non-hydrogen) atoms. The molecule has 0 fully saturated rings. The number of benzene rings is 2. The van der Waals surface area contributed by atoms with E-state index in [1.807, 2.05) is 63.2 Å². The average molecular weight is 457 g/mol. The molecule has 5 aromatic rings. The van der Waals surface area contributed by atoms with Gasteiger partial charge < -0.3 is 14.4 Å². The molecule has 9 heteroatoms. The van der Waals surface area contributed by atoms with Gasteiger partial charge in [-0.2, -0.15) is 4.98 Å². The van der Waals surface area contributed by atoms with Crippen molar-refractivity contribution in [3.05, 3.63) is 82.0 Å². The van der Waals surface area contributed by atoms with Crippen LogP contribution in [0.2, 0.25) is 0 Å². The second kappa shape index (κ2) is 8.58. The van der Waals surface area contributed by atoms with Crippen molar-refractivity contribution in [3.8, 4) is 0 Å². The van der Waals surface area contributed by atoms with Crippen molar-refractivity contribution in [2.24, 2.45) is 0 Å². The predicted molar refractivity (Wildman–Crippen MR) is 129 cm³/mol. The number of para-hydroxylation sites is 1. The van der Waals surface area contributed by atoms with Gasteiger partial charge in [-0.1, -0.05) is 41.9 Å². The first-order valence-corrected chi connectivity index (χ1v) is 11.1. The van der Waals surface area contributed by atoms with Gasteiger partial charge in [0, 0.05) is 17.5 Å². The molecule has 0 saturated heterocycles. The largest absolute Gasteiger partial charge is 0.337 e. The Balaban J connectivity index is 1.60. The van der Waals surface area contributed by atoms with Crippen molar-refractivity contribution in [2.75, 3.05) is 5.32 Å². The number of carbonyl (C=O) groups is 1. The van der Waals surface area contributed by atoms with Crippen molar-refractivity contribution in [3.63, 3.8) is 0 Å². The highest BCUT2D eigenvalue weighted by molar-refractivity contribution is 6.06. The number of anilines is 1. The summed E-state index contributed by atoms with van der Waals surface area (Å²) in [7, 11) is 0. The van der Waals surface area contributed by atoms with E-state index in [0.717, 1.165) is 27.7 Å². The van der Waals surface area contributed by atoms with Gasteiger partial charge in [0.15, 0.2) is 5.82 Å². The summed E-state index contributed by atoms with van der Waals surface area (Å²) in [5.74, 6) is 0.679. The van der Waals surface area contributed by atoms with Gasteiger partial charge in [0.2, 0.25) is 11.8 Å². The third-order valence-corrected chi connectivity index (χ3v) is 5.83. The Bertz CT molecular complexity index is 1590. The Kier molecular flexibility index (Phi) is 5.45. The fourth-order valence-electron chi connectivity index (χ4n) is 4.08. The average Bonchev–Trinajstić information content (AvgIpc) is 3.40. The van der Waals surface area contributed by atoms with Crippen LogP contribution in [0.5, 0.6) is 0 Å². The number of carbonyl (C=O) groups excluding carboxylic acids is 1. The molecule has 0 unspecified atom stereocenters. The van der Waals surface area contributed by atoms with Gasteiger partial charge in [0.1, 0.15) is 24.1 Å². The maximum Gasteiger partial charge on any atom is 0.278 e. The summed E-state index contributed by atoms with van der Waals surface area (Å²) in [4.78, 5) is 35.4. The second-order valence-electron chi connectivity index (χ2n) is 8.30. The van der Waals surface area contributed by atoms with Gasteiger partial charge in [-0.25, -0.2) is 4.98 Å². The Morgan fingerprint density at radius 2 is 1.97 bits per heavy atom. The van der Waals surface area contributed by atoms with E-state index in [1.165, 1.54) is 10.9 Å². The summed E-state index contributed by atoms with van der Waals surface area (Å²) >= 11 is 0.